The van der Waals surface area contributed by atoms with Crippen molar-refractivity contribution >= 4 is 30.3 Å². The molecule has 2 unspecified atom stereocenters. The zero-order chi connectivity index (χ0) is 13.9. The zero-order valence-corrected chi connectivity index (χ0v) is 13.9. The Morgan fingerprint density at radius 2 is 2.16 bits per heavy atom. The predicted octanol–water partition coefficient (Wildman–Crippen LogP) is 3.76. The standard InChI is InChI=1S/C15H29NOS2/c1-2-3-8-16-15(17)7-9-19-12-14-6-4-5-13(10-14)11-18/h13-14,18H,2-12H2,1H3,(H,16,17). The van der Waals surface area contributed by atoms with E-state index in [-0.39, 0.29) is 5.91 Å². The lowest BCUT2D eigenvalue weighted by Crippen LogP contribution is -2.24. The third kappa shape index (κ3) is 8.13. The Labute approximate surface area is 128 Å². The average molecular weight is 304 g/mol. The van der Waals surface area contributed by atoms with Gasteiger partial charge in [0, 0.05) is 18.7 Å². The average Bonchev–Trinajstić information content (AvgIpc) is 2.44. The van der Waals surface area contributed by atoms with Crippen molar-refractivity contribution in [3.8, 4) is 0 Å². The maximum Gasteiger partial charge on any atom is 0.220 e. The van der Waals surface area contributed by atoms with E-state index in [0.717, 1.165) is 42.7 Å². The highest BCUT2D eigenvalue weighted by molar-refractivity contribution is 7.99. The minimum Gasteiger partial charge on any atom is -0.356 e. The second-order valence-electron chi connectivity index (χ2n) is 5.61. The van der Waals surface area contributed by atoms with E-state index in [2.05, 4.69) is 24.9 Å². The van der Waals surface area contributed by atoms with Crippen LogP contribution in [0, 0.1) is 11.8 Å². The van der Waals surface area contributed by atoms with Gasteiger partial charge in [-0.05, 0) is 49.0 Å². The molecule has 0 aromatic carbocycles. The molecule has 112 valence electrons. The van der Waals surface area contributed by atoms with Gasteiger partial charge in [-0.3, -0.25) is 4.79 Å². The summed E-state index contributed by atoms with van der Waals surface area (Å²) in [6.07, 6.45) is 8.36. The van der Waals surface area contributed by atoms with E-state index < -0.39 is 0 Å². The first kappa shape index (κ1) is 17.2. The molecule has 1 fully saturated rings. The van der Waals surface area contributed by atoms with Gasteiger partial charge in [0.15, 0.2) is 0 Å². The molecule has 0 bridgehead atoms. The van der Waals surface area contributed by atoms with Crippen LogP contribution in [-0.4, -0.2) is 29.7 Å². The lowest BCUT2D eigenvalue weighted by atomic mass is 9.83. The summed E-state index contributed by atoms with van der Waals surface area (Å²) in [4.78, 5) is 11.5. The summed E-state index contributed by atoms with van der Waals surface area (Å²) in [5.41, 5.74) is 0. The number of hydrogen-bond acceptors (Lipinski definition) is 3. The van der Waals surface area contributed by atoms with Crippen molar-refractivity contribution in [2.24, 2.45) is 11.8 Å². The summed E-state index contributed by atoms with van der Waals surface area (Å²) in [5, 5.41) is 2.98. The number of nitrogens with one attached hydrogen (secondary N) is 1. The summed E-state index contributed by atoms with van der Waals surface area (Å²) < 4.78 is 0. The lowest BCUT2D eigenvalue weighted by molar-refractivity contribution is -0.120. The molecule has 4 heteroatoms. The number of unbranched alkanes of at least 4 members (excludes halogenated alkanes) is 1. The van der Waals surface area contributed by atoms with Crippen molar-refractivity contribution in [2.75, 3.05) is 23.8 Å². The Morgan fingerprint density at radius 3 is 2.89 bits per heavy atom. The van der Waals surface area contributed by atoms with Crippen LogP contribution < -0.4 is 5.32 Å². The molecule has 0 heterocycles. The molecule has 1 aliphatic carbocycles. The van der Waals surface area contributed by atoms with E-state index in [1.165, 1.54) is 31.4 Å². The summed E-state index contributed by atoms with van der Waals surface area (Å²) in [6, 6.07) is 0. The van der Waals surface area contributed by atoms with Gasteiger partial charge in [0.2, 0.25) is 5.91 Å². The maximum absolute atomic E-state index is 11.5. The van der Waals surface area contributed by atoms with Gasteiger partial charge in [-0.2, -0.15) is 24.4 Å². The number of rotatable bonds is 9. The molecule has 1 rings (SSSR count). The lowest BCUT2D eigenvalue weighted by Gasteiger charge is -2.27. The fourth-order valence-corrected chi connectivity index (χ4v) is 4.09. The first-order valence-corrected chi connectivity index (χ1v) is 9.50. The summed E-state index contributed by atoms with van der Waals surface area (Å²) in [7, 11) is 0. The Bertz CT molecular complexity index is 248. The van der Waals surface area contributed by atoms with Gasteiger partial charge >= 0.3 is 0 Å². The van der Waals surface area contributed by atoms with Crippen LogP contribution in [0.4, 0.5) is 0 Å². The minimum absolute atomic E-state index is 0.220. The highest BCUT2D eigenvalue weighted by Gasteiger charge is 2.20. The van der Waals surface area contributed by atoms with Crippen molar-refractivity contribution in [1.82, 2.24) is 5.32 Å². The smallest absolute Gasteiger partial charge is 0.220 e. The quantitative estimate of drug-likeness (QED) is 0.501. The molecule has 0 radical (unpaired) electrons. The number of carbonyl (C=O) groups is 1. The predicted molar refractivity (Wildman–Crippen MR) is 89.2 cm³/mol. The van der Waals surface area contributed by atoms with Crippen LogP contribution >= 0.6 is 24.4 Å². The van der Waals surface area contributed by atoms with Gasteiger partial charge in [0.1, 0.15) is 0 Å². The largest absolute Gasteiger partial charge is 0.356 e. The second kappa shape index (κ2) is 10.9. The molecule has 1 saturated carbocycles. The van der Waals surface area contributed by atoms with Crippen LogP contribution in [0.15, 0.2) is 0 Å². The molecule has 0 saturated heterocycles. The highest BCUT2D eigenvalue weighted by Crippen LogP contribution is 2.31. The highest BCUT2D eigenvalue weighted by atomic mass is 32.2. The molecule has 1 N–H and O–H groups in total. The van der Waals surface area contributed by atoms with Gasteiger partial charge in [-0.15, -0.1) is 0 Å². The molecule has 2 nitrogen and oxygen atoms in total. The van der Waals surface area contributed by atoms with Gasteiger partial charge in [-0.1, -0.05) is 19.8 Å². The second-order valence-corrected chi connectivity index (χ2v) is 7.12. The zero-order valence-electron chi connectivity index (χ0n) is 12.2. The van der Waals surface area contributed by atoms with E-state index in [9.17, 15) is 4.79 Å². The van der Waals surface area contributed by atoms with E-state index >= 15 is 0 Å². The van der Waals surface area contributed by atoms with Crippen LogP contribution in [0.25, 0.3) is 0 Å². The van der Waals surface area contributed by atoms with E-state index in [1.807, 2.05) is 11.8 Å². The molecule has 0 aromatic heterocycles. The minimum atomic E-state index is 0.220. The molecule has 19 heavy (non-hydrogen) atoms. The molecular weight excluding hydrogens is 274 g/mol. The van der Waals surface area contributed by atoms with Gasteiger partial charge < -0.3 is 5.32 Å². The van der Waals surface area contributed by atoms with Gasteiger partial charge in [0.25, 0.3) is 0 Å². The van der Waals surface area contributed by atoms with Crippen molar-refractivity contribution < 1.29 is 4.79 Å². The molecule has 0 aromatic rings. The van der Waals surface area contributed by atoms with E-state index in [0.29, 0.717) is 6.42 Å². The third-order valence-electron chi connectivity index (χ3n) is 3.83. The van der Waals surface area contributed by atoms with E-state index in [4.69, 9.17) is 0 Å². The number of thiol groups is 1. The van der Waals surface area contributed by atoms with Crippen LogP contribution in [-0.2, 0) is 4.79 Å². The van der Waals surface area contributed by atoms with Gasteiger partial charge in [0.05, 0.1) is 0 Å². The molecular formula is C15H29NOS2. The van der Waals surface area contributed by atoms with E-state index in [1.54, 1.807) is 0 Å². The topological polar surface area (TPSA) is 29.1 Å². The molecule has 0 aliphatic heterocycles. The first-order chi connectivity index (χ1) is 9.26. The van der Waals surface area contributed by atoms with Crippen LogP contribution in [0.3, 0.4) is 0 Å². The van der Waals surface area contributed by atoms with Crippen LogP contribution in [0.2, 0.25) is 0 Å². The summed E-state index contributed by atoms with van der Waals surface area (Å²) in [5.74, 6) is 5.16. The van der Waals surface area contributed by atoms with Crippen molar-refractivity contribution in [2.45, 2.75) is 51.9 Å². The van der Waals surface area contributed by atoms with Crippen molar-refractivity contribution in [3.05, 3.63) is 0 Å². The number of hydrogen-bond donors (Lipinski definition) is 2. The molecule has 2 atom stereocenters. The van der Waals surface area contributed by atoms with Crippen molar-refractivity contribution in [3.63, 3.8) is 0 Å². The normalized spacial score (nSPS) is 23.3. The van der Waals surface area contributed by atoms with Crippen LogP contribution in [0.1, 0.15) is 51.9 Å². The Hall–Kier alpha value is 0.170. The Morgan fingerprint density at radius 1 is 1.37 bits per heavy atom. The van der Waals surface area contributed by atoms with Crippen LogP contribution in [0.5, 0.6) is 0 Å². The Kier molecular flexibility index (Phi) is 9.88. The Balaban J connectivity index is 1.99. The van der Waals surface area contributed by atoms with Crippen molar-refractivity contribution in [1.29, 1.82) is 0 Å². The molecule has 1 aliphatic rings. The SMILES string of the molecule is CCCCNC(=O)CCSCC1CCCC(CS)C1. The summed E-state index contributed by atoms with van der Waals surface area (Å²) >= 11 is 6.38. The monoisotopic (exact) mass is 303 g/mol. The number of carbonyl (C=O) groups excluding carboxylic acids is 1. The maximum atomic E-state index is 11.5. The van der Waals surface area contributed by atoms with Gasteiger partial charge in [-0.25, -0.2) is 0 Å². The fraction of sp³-hybridized carbons (Fsp3) is 0.933. The molecule has 1 amide bonds. The first-order valence-electron chi connectivity index (χ1n) is 7.71. The third-order valence-corrected chi connectivity index (χ3v) is 5.55. The fourth-order valence-electron chi connectivity index (χ4n) is 2.63. The summed E-state index contributed by atoms with van der Waals surface area (Å²) in [6.45, 7) is 2.98. The number of amides is 1. The molecule has 0 spiro atoms. The number of thioether (sulfide) groups is 1.